The Morgan fingerprint density at radius 2 is 1.93 bits per heavy atom. The van der Waals surface area contributed by atoms with Gasteiger partial charge in [0.1, 0.15) is 0 Å². The first-order chi connectivity index (χ1) is 6.74. The van der Waals surface area contributed by atoms with E-state index in [1.165, 1.54) is 18.1 Å². The van der Waals surface area contributed by atoms with E-state index in [1.54, 1.807) is 0 Å². The van der Waals surface area contributed by atoms with E-state index in [2.05, 4.69) is 19.1 Å². The smallest absolute Gasteiger partial charge is 0.302 e. The Bertz CT molecular complexity index is 305. The van der Waals surface area contributed by atoms with Crippen LogP contribution in [0.25, 0.3) is 0 Å². The summed E-state index contributed by atoms with van der Waals surface area (Å²) in [5, 5.41) is 0. The van der Waals surface area contributed by atoms with Gasteiger partial charge >= 0.3 is 5.97 Å². The molecule has 0 aliphatic rings. The van der Waals surface area contributed by atoms with E-state index in [-0.39, 0.29) is 5.97 Å². The second-order valence-electron chi connectivity index (χ2n) is 3.21. The fraction of sp³-hybridized carbons (Fsp3) is 0.417. The van der Waals surface area contributed by atoms with Crippen molar-refractivity contribution in [2.45, 2.75) is 26.7 Å². The SMILES string of the molecule is CCc1ccccc1CCOC(C)=O. The van der Waals surface area contributed by atoms with Crippen LogP contribution in [0.15, 0.2) is 24.3 Å². The second kappa shape index (κ2) is 5.43. The van der Waals surface area contributed by atoms with E-state index in [0.717, 1.165) is 12.8 Å². The van der Waals surface area contributed by atoms with Crippen LogP contribution in [-0.4, -0.2) is 12.6 Å². The summed E-state index contributed by atoms with van der Waals surface area (Å²) in [4.78, 5) is 10.6. The fourth-order valence-electron chi connectivity index (χ4n) is 1.45. The zero-order chi connectivity index (χ0) is 10.4. The van der Waals surface area contributed by atoms with Crippen LogP contribution in [0.2, 0.25) is 0 Å². The first-order valence-electron chi connectivity index (χ1n) is 4.94. The summed E-state index contributed by atoms with van der Waals surface area (Å²) >= 11 is 0. The summed E-state index contributed by atoms with van der Waals surface area (Å²) in [6.45, 7) is 4.04. The summed E-state index contributed by atoms with van der Waals surface area (Å²) < 4.78 is 4.91. The monoisotopic (exact) mass is 192 g/mol. The topological polar surface area (TPSA) is 26.3 Å². The number of carbonyl (C=O) groups excluding carboxylic acids is 1. The summed E-state index contributed by atoms with van der Waals surface area (Å²) in [5.41, 5.74) is 2.61. The van der Waals surface area contributed by atoms with Crippen molar-refractivity contribution in [3.63, 3.8) is 0 Å². The predicted molar refractivity (Wildman–Crippen MR) is 56.2 cm³/mol. The molecule has 0 unspecified atom stereocenters. The maximum Gasteiger partial charge on any atom is 0.302 e. The van der Waals surface area contributed by atoms with Crippen molar-refractivity contribution in [3.05, 3.63) is 35.4 Å². The third-order valence-electron chi connectivity index (χ3n) is 2.18. The van der Waals surface area contributed by atoms with E-state index in [1.807, 2.05) is 12.1 Å². The van der Waals surface area contributed by atoms with Crippen LogP contribution in [-0.2, 0) is 22.4 Å². The van der Waals surface area contributed by atoms with Gasteiger partial charge in [0.15, 0.2) is 0 Å². The van der Waals surface area contributed by atoms with Crippen molar-refractivity contribution in [1.29, 1.82) is 0 Å². The minimum absolute atomic E-state index is 0.209. The molecule has 0 radical (unpaired) electrons. The van der Waals surface area contributed by atoms with E-state index >= 15 is 0 Å². The normalized spacial score (nSPS) is 9.86. The highest BCUT2D eigenvalue weighted by Crippen LogP contribution is 2.09. The van der Waals surface area contributed by atoms with Crippen molar-refractivity contribution in [1.82, 2.24) is 0 Å². The maximum atomic E-state index is 10.6. The van der Waals surface area contributed by atoms with Gasteiger partial charge in [0.05, 0.1) is 6.61 Å². The Hall–Kier alpha value is -1.31. The van der Waals surface area contributed by atoms with Gasteiger partial charge in [-0.2, -0.15) is 0 Å². The van der Waals surface area contributed by atoms with Gasteiger partial charge in [-0.1, -0.05) is 31.2 Å². The molecule has 1 aromatic carbocycles. The molecule has 1 rings (SSSR count). The lowest BCUT2D eigenvalue weighted by Gasteiger charge is -2.07. The molecule has 0 atom stereocenters. The van der Waals surface area contributed by atoms with Crippen LogP contribution in [0.3, 0.4) is 0 Å². The molecule has 14 heavy (non-hydrogen) atoms. The van der Waals surface area contributed by atoms with Gasteiger partial charge in [0, 0.05) is 13.3 Å². The lowest BCUT2D eigenvalue weighted by molar-refractivity contribution is -0.140. The van der Waals surface area contributed by atoms with Gasteiger partial charge < -0.3 is 4.74 Å². The number of rotatable bonds is 4. The number of hydrogen-bond donors (Lipinski definition) is 0. The molecule has 76 valence electrons. The Kier molecular flexibility index (Phi) is 4.17. The molecule has 0 aliphatic heterocycles. The number of benzene rings is 1. The van der Waals surface area contributed by atoms with Gasteiger partial charge in [-0.3, -0.25) is 4.79 Å². The fourth-order valence-corrected chi connectivity index (χ4v) is 1.45. The number of carbonyl (C=O) groups is 1. The van der Waals surface area contributed by atoms with Crippen molar-refractivity contribution < 1.29 is 9.53 Å². The molecule has 0 N–H and O–H groups in total. The number of esters is 1. The Labute approximate surface area is 84.9 Å². The third kappa shape index (κ3) is 3.21. The lowest BCUT2D eigenvalue weighted by Crippen LogP contribution is -2.04. The van der Waals surface area contributed by atoms with E-state index in [9.17, 15) is 4.79 Å². The number of hydrogen-bond acceptors (Lipinski definition) is 2. The van der Waals surface area contributed by atoms with Crippen LogP contribution < -0.4 is 0 Å². The molecule has 2 heteroatoms. The molecule has 0 saturated carbocycles. The average Bonchev–Trinajstić information content (AvgIpc) is 2.18. The standard InChI is InChI=1S/C12H16O2/c1-3-11-6-4-5-7-12(11)8-9-14-10(2)13/h4-7H,3,8-9H2,1-2H3. The minimum atomic E-state index is -0.209. The van der Waals surface area contributed by atoms with E-state index in [0.29, 0.717) is 6.61 Å². The van der Waals surface area contributed by atoms with Crippen LogP contribution in [0, 0.1) is 0 Å². The van der Waals surface area contributed by atoms with Gasteiger partial charge in [-0.05, 0) is 17.5 Å². The Morgan fingerprint density at radius 3 is 2.50 bits per heavy atom. The highest BCUT2D eigenvalue weighted by atomic mass is 16.5. The van der Waals surface area contributed by atoms with Crippen molar-refractivity contribution in [2.24, 2.45) is 0 Å². The van der Waals surface area contributed by atoms with Crippen LogP contribution in [0.5, 0.6) is 0 Å². The molecular weight excluding hydrogens is 176 g/mol. The van der Waals surface area contributed by atoms with Crippen LogP contribution in [0.1, 0.15) is 25.0 Å². The van der Waals surface area contributed by atoms with Crippen LogP contribution in [0.4, 0.5) is 0 Å². The lowest BCUT2D eigenvalue weighted by atomic mass is 10.0. The molecule has 0 aliphatic carbocycles. The van der Waals surface area contributed by atoms with Crippen molar-refractivity contribution >= 4 is 5.97 Å². The maximum absolute atomic E-state index is 10.6. The van der Waals surface area contributed by atoms with E-state index in [4.69, 9.17) is 4.74 Å². The molecule has 0 heterocycles. The molecule has 1 aromatic rings. The summed E-state index contributed by atoms with van der Waals surface area (Å²) in [5.74, 6) is -0.209. The zero-order valence-corrected chi connectivity index (χ0v) is 8.75. The molecule has 2 nitrogen and oxygen atoms in total. The first-order valence-corrected chi connectivity index (χ1v) is 4.94. The number of ether oxygens (including phenoxy) is 1. The van der Waals surface area contributed by atoms with Gasteiger partial charge in [0.25, 0.3) is 0 Å². The Balaban J connectivity index is 2.53. The molecule has 0 amide bonds. The van der Waals surface area contributed by atoms with E-state index < -0.39 is 0 Å². The predicted octanol–water partition coefficient (Wildman–Crippen LogP) is 2.35. The second-order valence-corrected chi connectivity index (χ2v) is 3.21. The average molecular weight is 192 g/mol. The highest BCUT2D eigenvalue weighted by molar-refractivity contribution is 5.65. The minimum Gasteiger partial charge on any atom is -0.466 e. The third-order valence-corrected chi connectivity index (χ3v) is 2.18. The molecule has 0 aromatic heterocycles. The quantitative estimate of drug-likeness (QED) is 0.684. The molecule has 0 spiro atoms. The highest BCUT2D eigenvalue weighted by Gasteiger charge is 2.00. The van der Waals surface area contributed by atoms with Crippen molar-refractivity contribution in [3.8, 4) is 0 Å². The number of aryl methyl sites for hydroxylation is 1. The summed E-state index contributed by atoms with van der Waals surface area (Å²) in [7, 11) is 0. The largest absolute Gasteiger partial charge is 0.466 e. The van der Waals surface area contributed by atoms with Crippen molar-refractivity contribution in [2.75, 3.05) is 6.61 Å². The molecule has 0 bridgehead atoms. The Morgan fingerprint density at radius 1 is 1.29 bits per heavy atom. The van der Waals surface area contributed by atoms with Gasteiger partial charge in [0.2, 0.25) is 0 Å². The van der Waals surface area contributed by atoms with Gasteiger partial charge in [-0.25, -0.2) is 0 Å². The van der Waals surface area contributed by atoms with Crippen LogP contribution >= 0.6 is 0 Å². The molecular formula is C12H16O2. The zero-order valence-electron chi connectivity index (χ0n) is 8.75. The molecule has 0 fully saturated rings. The first kappa shape index (κ1) is 10.8. The van der Waals surface area contributed by atoms with Gasteiger partial charge in [-0.15, -0.1) is 0 Å². The summed E-state index contributed by atoms with van der Waals surface area (Å²) in [6, 6.07) is 8.25. The molecule has 0 saturated heterocycles. The summed E-state index contributed by atoms with van der Waals surface area (Å²) in [6.07, 6.45) is 1.83.